The highest BCUT2D eigenvalue weighted by atomic mass is 16.5. The van der Waals surface area contributed by atoms with E-state index in [4.69, 9.17) is 14.6 Å². The van der Waals surface area contributed by atoms with Crippen molar-refractivity contribution in [2.24, 2.45) is 0 Å². The molecule has 1 atom stereocenters. The first kappa shape index (κ1) is 15.5. The molecule has 0 radical (unpaired) electrons. The number of hydrogen-bond acceptors (Lipinski definition) is 4. The van der Waals surface area contributed by atoms with Gasteiger partial charge in [-0.2, -0.15) is 0 Å². The van der Waals surface area contributed by atoms with Gasteiger partial charge in [0.05, 0.1) is 25.4 Å². The highest BCUT2D eigenvalue weighted by molar-refractivity contribution is 5.94. The summed E-state index contributed by atoms with van der Waals surface area (Å²) in [7, 11) is 1.52. The summed E-state index contributed by atoms with van der Waals surface area (Å²) < 4.78 is 10.4. The molecule has 5 nitrogen and oxygen atoms in total. The Morgan fingerprint density at radius 3 is 2.74 bits per heavy atom. The summed E-state index contributed by atoms with van der Waals surface area (Å²) in [6, 6.07) is 6.53. The van der Waals surface area contributed by atoms with Crippen molar-refractivity contribution >= 4 is 5.91 Å². The topological polar surface area (TPSA) is 67.8 Å². The van der Waals surface area contributed by atoms with Gasteiger partial charge >= 0.3 is 0 Å². The van der Waals surface area contributed by atoms with Crippen molar-refractivity contribution in [3.05, 3.63) is 29.8 Å². The lowest BCUT2D eigenvalue weighted by atomic mass is 10.2. The fourth-order valence-corrected chi connectivity index (χ4v) is 1.59. The molecular formula is C14H21NO4. The zero-order valence-corrected chi connectivity index (χ0v) is 11.6. The van der Waals surface area contributed by atoms with E-state index in [9.17, 15) is 4.79 Å². The van der Waals surface area contributed by atoms with Crippen LogP contribution in [0.1, 0.15) is 24.2 Å². The molecule has 0 aromatic heterocycles. The van der Waals surface area contributed by atoms with Crippen LogP contribution in [0.5, 0.6) is 5.75 Å². The Hall–Kier alpha value is -1.59. The maximum absolute atomic E-state index is 12.0. The summed E-state index contributed by atoms with van der Waals surface area (Å²) >= 11 is 0. The molecule has 0 aliphatic carbocycles. The monoisotopic (exact) mass is 267 g/mol. The Kier molecular flexibility index (Phi) is 6.32. The van der Waals surface area contributed by atoms with E-state index in [0.717, 1.165) is 0 Å². The molecule has 0 spiro atoms. The minimum atomic E-state index is -0.410. The number of aliphatic hydroxyl groups is 1. The maximum atomic E-state index is 12.0. The van der Waals surface area contributed by atoms with Crippen LogP contribution in [0.25, 0.3) is 0 Å². The average molecular weight is 267 g/mol. The van der Waals surface area contributed by atoms with Crippen LogP contribution in [-0.2, 0) is 4.74 Å². The van der Waals surface area contributed by atoms with Crippen LogP contribution >= 0.6 is 0 Å². The van der Waals surface area contributed by atoms with Crippen molar-refractivity contribution in [3.8, 4) is 5.75 Å². The third kappa shape index (κ3) is 5.28. The predicted molar refractivity (Wildman–Crippen MR) is 72.4 cm³/mol. The van der Waals surface area contributed by atoms with E-state index in [2.05, 4.69) is 5.32 Å². The quantitative estimate of drug-likeness (QED) is 0.779. The van der Waals surface area contributed by atoms with Gasteiger partial charge in [0.25, 0.3) is 5.91 Å². The van der Waals surface area contributed by atoms with E-state index >= 15 is 0 Å². The van der Waals surface area contributed by atoms with Crippen LogP contribution in [0.4, 0.5) is 0 Å². The van der Waals surface area contributed by atoms with Crippen LogP contribution in [0.2, 0.25) is 0 Å². The van der Waals surface area contributed by atoms with Gasteiger partial charge in [0.2, 0.25) is 0 Å². The third-order valence-electron chi connectivity index (χ3n) is 2.39. The minimum Gasteiger partial charge on any atom is -0.491 e. The van der Waals surface area contributed by atoms with Gasteiger partial charge in [-0.15, -0.1) is 0 Å². The van der Waals surface area contributed by atoms with Gasteiger partial charge in [0.1, 0.15) is 5.75 Å². The van der Waals surface area contributed by atoms with Crippen molar-refractivity contribution in [1.82, 2.24) is 5.32 Å². The van der Waals surface area contributed by atoms with Gasteiger partial charge in [0, 0.05) is 12.7 Å². The first-order valence-electron chi connectivity index (χ1n) is 6.24. The number of hydrogen-bond donors (Lipinski definition) is 2. The minimum absolute atomic E-state index is 0.0528. The van der Waals surface area contributed by atoms with E-state index in [-0.39, 0.29) is 25.2 Å². The zero-order valence-electron chi connectivity index (χ0n) is 11.6. The number of carbonyl (C=O) groups excluding carboxylic acids is 1. The zero-order chi connectivity index (χ0) is 14.3. The molecule has 106 valence electrons. The Balaban J connectivity index is 2.70. The van der Waals surface area contributed by atoms with Crippen molar-refractivity contribution in [2.45, 2.75) is 26.0 Å². The van der Waals surface area contributed by atoms with Gasteiger partial charge in [-0.25, -0.2) is 0 Å². The van der Waals surface area contributed by atoms with Crippen LogP contribution in [0.3, 0.4) is 0 Å². The predicted octanol–water partition coefficient (Wildman–Crippen LogP) is 1.21. The summed E-state index contributed by atoms with van der Waals surface area (Å²) in [4.78, 5) is 12.0. The normalized spacial score (nSPS) is 12.3. The van der Waals surface area contributed by atoms with Crippen molar-refractivity contribution in [2.75, 3.05) is 20.3 Å². The molecule has 0 fully saturated rings. The van der Waals surface area contributed by atoms with Gasteiger partial charge in [-0.3, -0.25) is 4.79 Å². The van der Waals surface area contributed by atoms with E-state index in [1.807, 2.05) is 13.8 Å². The molecule has 1 aromatic rings. The molecule has 19 heavy (non-hydrogen) atoms. The fourth-order valence-electron chi connectivity index (χ4n) is 1.59. The van der Waals surface area contributed by atoms with Crippen LogP contribution in [0.15, 0.2) is 24.3 Å². The maximum Gasteiger partial charge on any atom is 0.251 e. The van der Waals surface area contributed by atoms with Gasteiger partial charge < -0.3 is 19.9 Å². The molecule has 2 N–H and O–H groups in total. The number of ether oxygens (including phenoxy) is 2. The van der Waals surface area contributed by atoms with Crippen LogP contribution in [0, 0.1) is 0 Å². The van der Waals surface area contributed by atoms with Crippen molar-refractivity contribution in [1.29, 1.82) is 0 Å². The molecule has 1 rings (SSSR count). The highest BCUT2D eigenvalue weighted by Crippen LogP contribution is 2.15. The average Bonchev–Trinajstić information content (AvgIpc) is 2.37. The molecule has 0 heterocycles. The van der Waals surface area contributed by atoms with Crippen LogP contribution < -0.4 is 10.1 Å². The molecule has 0 aliphatic rings. The largest absolute Gasteiger partial charge is 0.491 e. The molecule has 5 heteroatoms. The molecule has 0 saturated heterocycles. The van der Waals surface area contributed by atoms with E-state index in [1.165, 1.54) is 7.11 Å². The Morgan fingerprint density at radius 2 is 2.16 bits per heavy atom. The molecule has 1 aromatic carbocycles. The summed E-state index contributed by atoms with van der Waals surface area (Å²) in [5.41, 5.74) is 0.493. The van der Waals surface area contributed by atoms with E-state index in [1.54, 1.807) is 24.3 Å². The molecule has 1 unspecified atom stereocenters. The number of nitrogens with one attached hydrogen (secondary N) is 1. The number of aliphatic hydroxyl groups excluding tert-OH is 1. The van der Waals surface area contributed by atoms with E-state index < -0.39 is 6.04 Å². The first-order chi connectivity index (χ1) is 9.06. The third-order valence-corrected chi connectivity index (χ3v) is 2.39. The second-order valence-corrected chi connectivity index (χ2v) is 4.50. The summed E-state index contributed by atoms with van der Waals surface area (Å²) in [5.74, 6) is 0.389. The van der Waals surface area contributed by atoms with Gasteiger partial charge in [-0.1, -0.05) is 6.07 Å². The second kappa shape index (κ2) is 7.76. The Morgan fingerprint density at radius 1 is 1.42 bits per heavy atom. The molecule has 0 bridgehead atoms. The Bertz CT molecular complexity index is 406. The van der Waals surface area contributed by atoms with Crippen molar-refractivity contribution in [3.63, 3.8) is 0 Å². The fraction of sp³-hybridized carbons (Fsp3) is 0.500. The summed E-state index contributed by atoms with van der Waals surface area (Å²) in [6.45, 7) is 3.95. The number of amides is 1. The standard InChI is InChI=1S/C14H21NO4/c1-10(2)19-13-6-4-5-11(7-13)14(17)15-12(8-16)9-18-3/h4-7,10,12,16H,8-9H2,1-3H3,(H,15,17). The molecule has 0 saturated carbocycles. The van der Waals surface area contributed by atoms with Gasteiger partial charge in [0.15, 0.2) is 0 Å². The number of rotatable bonds is 7. The smallest absolute Gasteiger partial charge is 0.251 e. The van der Waals surface area contributed by atoms with Gasteiger partial charge in [-0.05, 0) is 32.0 Å². The number of carbonyl (C=O) groups is 1. The van der Waals surface area contributed by atoms with Crippen LogP contribution in [-0.4, -0.2) is 43.5 Å². The Labute approximate surface area is 113 Å². The highest BCUT2D eigenvalue weighted by Gasteiger charge is 2.13. The second-order valence-electron chi connectivity index (χ2n) is 4.50. The SMILES string of the molecule is COCC(CO)NC(=O)c1cccc(OC(C)C)c1. The lowest BCUT2D eigenvalue weighted by Crippen LogP contribution is -2.40. The first-order valence-corrected chi connectivity index (χ1v) is 6.24. The van der Waals surface area contributed by atoms with Crippen molar-refractivity contribution < 1.29 is 19.4 Å². The molecule has 1 amide bonds. The summed E-state index contributed by atoms with van der Waals surface area (Å²) in [6.07, 6.45) is 0.0528. The molecular weight excluding hydrogens is 246 g/mol. The lowest BCUT2D eigenvalue weighted by Gasteiger charge is -2.16. The lowest BCUT2D eigenvalue weighted by molar-refractivity contribution is 0.0839. The van der Waals surface area contributed by atoms with E-state index in [0.29, 0.717) is 11.3 Å². The summed E-state index contributed by atoms with van der Waals surface area (Å²) in [5, 5.41) is 11.8. The number of benzene rings is 1. The number of methoxy groups -OCH3 is 1. The molecule has 0 aliphatic heterocycles.